The van der Waals surface area contributed by atoms with Gasteiger partial charge in [0.05, 0.1) is 31.2 Å². The van der Waals surface area contributed by atoms with Gasteiger partial charge < -0.3 is 29.6 Å². The minimum Gasteiger partial charge on any atom is -0.508 e. The van der Waals surface area contributed by atoms with Gasteiger partial charge in [0.2, 0.25) is 19.8 Å². The number of aliphatic hydroxyl groups excluding tert-OH is 1. The zero-order valence-electron chi connectivity index (χ0n) is 20.6. The second-order valence-electron chi connectivity index (χ2n) is 8.04. The number of nitrogens with one attached hydrogen (secondary N) is 2. The molecule has 0 bridgehead atoms. The van der Waals surface area contributed by atoms with Gasteiger partial charge >= 0.3 is 6.09 Å². The first-order chi connectivity index (χ1) is 17.7. The van der Waals surface area contributed by atoms with Gasteiger partial charge in [-0.15, -0.1) is 0 Å². The quantitative estimate of drug-likeness (QED) is 0.119. The van der Waals surface area contributed by atoms with Crippen LogP contribution in [0.25, 0.3) is 0 Å². The van der Waals surface area contributed by atoms with Crippen molar-refractivity contribution in [3.63, 3.8) is 0 Å². The van der Waals surface area contributed by atoms with Gasteiger partial charge in [-0.1, -0.05) is 46.9 Å². The number of benzene rings is 1. The van der Waals surface area contributed by atoms with E-state index in [1.807, 2.05) is 0 Å². The van der Waals surface area contributed by atoms with Crippen LogP contribution in [0.1, 0.15) is 23.2 Å². The smallest absolute Gasteiger partial charge is 0.410 e. The van der Waals surface area contributed by atoms with Crippen molar-refractivity contribution in [2.75, 3.05) is 38.8 Å². The molecule has 212 valence electrons. The number of furan rings is 1. The highest BCUT2D eigenvalue weighted by Gasteiger charge is 2.23. The van der Waals surface area contributed by atoms with Crippen LogP contribution in [-0.4, -0.2) is 78.1 Å². The number of nitrogens with zero attached hydrogens (tertiary/aromatic N) is 2. The maximum Gasteiger partial charge on any atom is 0.410 e. The van der Waals surface area contributed by atoms with E-state index in [1.54, 1.807) is 24.3 Å². The number of rotatable bonds is 12. The number of guanidine groups is 1. The molecule has 2 rings (SSSR count). The van der Waals surface area contributed by atoms with Crippen LogP contribution in [0.15, 0.2) is 45.8 Å². The molecule has 11 nitrogen and oxygen atoms in total. The molecule has 1 aromatic heterocycles. The van der Waals surface area contributed by atoms with Gasteiger partial charge in [0.15, 0.2) is 0 Å². The Balaban J connectivity index is 1.80. The molecule has 1 heterocycles. The van der Waals surface area contributed by atoms with E-state index in [2.05, 4.69) is 15.0 Å². The van der Waals surface area contributed by atoms with E-state index >= 15 is 0 Å². The zero-order chi connectivity index (χ0) is 28.3. The summed E-state index contributed by atoms with van der Waals surface area (Å²) in [5, 5.41) is 22.5. The molecule has 1 aromatic carbocycles. The number of aliphatic hydroxyl groups is 1. The highest BCUT2D eigenvalue weighted by atomic mass is 35.6. The van der Waals surface area contributed by atoms with E-state index < -0.39 is 26.0 Å². The van der Waals surface area contributed by atoms with Gasteiger partial charge in [-0.25, -0.2) is 13.2 Å². The Bertz CT molecular complexity index is 1170. The number of hydrogen-bond acceptors (Lipinski definition) is 9. The molecule has 0 unspecified atom stereocenters. The minimum atomic E-state index is -3.59. The molecule has 0 aliphatic rings. The summed E-state index contributed by atoms with van der Waals surface area (Å²) in [6, 6.07) is 9.55. The molecular weight excluding hydrogens is 603 g/mol. The Morgan fingerprint density at radius 1 is 1.21 bits per heavy atom. The fourth-order valence-electron chi connectivity index (χ4n) is 2.84. The van der Waals surface area contributed by atoms with Crippen molar-refractivity contribution in [2.24, 2.45) is 4.99 Å². The van der Waals surface area contributed by atoms with Crippen molar-refractivity contribution in [3.8, 4) is 5.75 Å². The van der Waals surface area contributed by atoms with E-state index in [9.17, 15) is 23.4 Å². The molecule has 4 N–H and O–H groups in total. The van der Waals surface area contributed by atoms with Gasteiger partial charge in [0, 0.05) is 19.3 Å². The Morgan fingerprint density at radius 3 is 2.50 bits per heavy atom. The van der Waals surface area contributed by atoms with Crippen molar-refractivity contribution < 1.29 is 32.6 Å². The van der Waals surface area contributed by atoms with Crippen molar-refractivity contribution in [3.05, 3.63) is 53.5 Å². The van der Waals surface area contributed by atoms with E-state index in [4.69, 9.17) is 44.0 Å². The molecule has 1 atom stereocenters. The molecule has 1 amide bonds. The monoisotopic (exact) mass is 630 g/mol. The normalized spacial score (nSPS) is 13.2. The molecule has 0 spiro atoms. The summed E-state index contributed by atoms with van der Waals surface area (Å²) in [6.07, 6.45) is -0.605. The second kappa shape index (κ2) is 14.9. The third-order valence-electron chi connectivity index (χ3n) is 4.55. The molecule has 16 heteroatoms. The first kappa shape index (κ1) is 32.2. The van der Waals surface area contributed by atoms with E-state index in [1.165, 1.54) is 35.8 Å². The number of carbonyl (C=O) groups excluding carboxylic acids is 1. The van der Waals surface area contributed by atoms with Crippen molar-refractivity contribution in [2.45, 2.75) is 22.2 Å². The van der Waals surface area contributed by atoms with Crippen LogP contribution in [0.3, 0.4) is 0 Å². The summed E-state index contributed by atoms with van der Waals surface area (Å²) < 4.78 is 34.6. The van der Waals surface area contributed by atoms with Crippen LogP contribution in [0, 0.1) is 0 Å². The summed E-state index contributed by atoms with van der Waals surface area (Å²) in [5.74, 6) is 2.39. The van der Waals surface area contributed by atoms with Crippen LogP contribution in [0.2, 0.25) is 0 Å². The number of alkyl halides is 3. The van der Waals surface area contributed by atoms with E-state index in [-0.39, 0.29) is 38.0 Å². The number of ether oxygens (including phenoxy) is 1. The predicted octanol–water partition coefficient (Wildman–Crippen LogP) is 3.39. The number of aromatic hydroxyl groups is 1. The summed E-state index contributed by atoms with van der Waals surface area (Å²) in [4.78, 5) is 17.5. The summed E-state index contributed by atoms with van der Waals surface area (Å²) in [5.41, 5.74) is 0.549. The Labute approximate surface area is 240 Å². The lowest BCUT2D eigenvalue weighted by molar-refractivity contribution is 0.108. The minimum absolute atomic E-state index is 0.000927. The van der Waals surface area contributed by atoms with Crippen LogP contribution >= 0.6 is 46.6 Å². The van der Waals surface area contributed by atoms with Crippen molar-refractivity contribution in [1.82, 2.24) is 14.9 Å². The third kappa shape index (κ3) is 13.2. The maximum atomic E-state index is 12.0. The van der Waals surface area contributed by atoms with Crippen LogP contribution in [0.5, 0.6) is 5.75 Å². The number of aliphatic imine (C=N–C) groups is 1. The average Bonchev–Trinajstić information content (AvgIpc) is 3.26. The zero-order valence-corrected chi connectivity index (χ0v) is 24.5. The molecule has 2 aromatic rings. The molecule has 0 aliphatic heterocycles. The SMILES string of the molecule is CN(Cc1ccc(CSCCN=C(NC[C@@H](O)c2ccc(O)cc2)NS(C)(=O)=O)o1)C(=O)OCC(Cl)(Cl)Cl. The number of phenols is 1. The summed E-state index contributed by atoms with van der Waals surface area (Å²) in [6.45, 7) is 0.0756. The number of amides is 1. The Hall–Kier alpha value is -2.03. The molecule has 0 saturated heterocycles. The first-order valence-electron chi connectivity index (χ1n) is 11.0. The second-order valence-corrected chi connectivity index (χ2v) is 13.4. The lowest BCUT2D eigenvalue weighted by Gasteiger charge is -2.17. The lowest BCUT2D eigenvalue weighted by atomic mass is 10.1. The molecular formula is C22H29Cl3N4O7S2. The number of halogens is 3. The predicted molar refractivity (Wildman–Crippen MR) is 149 cm³/mol. The fraction of sp³-hybridized carbons (Fsp3) is 0.455. The number of thioether (sulfide) groups is 1. The van der Waals surface area contributed by atoms with Gasteiger partial charge in [-0.2, -0.15) is 11.8 Å². The van der Waals surface area contributed by atoms with Crippen molar-refractivity contribution >= 4 is 68.6 Å². The largest absolute Gasteiger partial charge is 0.508 e. The number of hydrogen-bond donors (Lipinski definition) is 4. The Morgan fingerprint density at radius 2 is 1.87 bits per heavy atom. The van der Waals surface area contributed by atoms with Crippen molar-refractivity contribution in [1.29, 1.82) is 0 Å². The number of carbonyl (C=O) groups is 1. The standard InChI is InChI=1S/C22H29Cl3N4O7S2/c1-29(21(32)35-14-22(23,24)25)12-17-7-8-18(36-17)13-37-10-9-26-20(28-38(2,33)34)27-11-19(31)15-3-5-16(30)6-4-15/h3-8,19,30-31H,9-14H2,1-2H3,(H2,26,27,28)/t19-/m1/s1. The van der Waals surface area contributed by atoms with Crippen LogP contribution < -0.4 is 10.0 Å². The lowest BCUT2D eigenvalue weighted by Crippen LogP contribution is -2.42. The topological polar surface area (TPSA) is 154 Å². The van der Waals surface area contributed by atoms with Gasteiger partial charge in [0.1, 0.15) is 23.9 Å². The third-order valence-corrected chi connectivity index (χ3v) is 6.41. The van der Waals surface area contributed by atoms with Crippen LogP contribution in [0.4, 0.5) is 4.79 Å². The average molecular weight is 632 g/mol. The highest BCUT2D eigenvalue weighted by Crippen LogP contribution is 2.26. The van der Waals surface area contributed by atoms with Crippen LogP contribution in [-0.2, 0) is 27.1 Å². The maximum absolute atomic E-state index is 12.0. The summed E-state index contributed by atoms with van der Waals surface area (Å²) >= 11 is 18.2. The number of phenolic OH excluding ortho intramolecular Hbond substituents is 1. The molecule has 38 heavy (non-hydrogen) atoms. The first-order valence-corrected chi connectivity index (χ1v) is 15.2. The molecule has 0 radical (unpaired) electrons. The number of sulfonamides is 1. The van der Waals surface area contributed by atoms with Gasteiger partial charge in [-0.05, 0) is 29.8 Å². The molecule has 0 aliphatic carbocycles. The molecule has 0 saturated carbocycles. The fourth-order valence-corrected chi connectivity index (χ4v) is 4.21. The highest BCUT2D eigenvalue weighted by molar-refractivity contribution is 7.98. The molecule has 0 fully saturated rings. The van der Waals surface area contributed by atoms with Gasteiger partial charge in [0.25, 0.3) is 0 Å². The van der Waals surface area contributed by atoms with E-state index in [0.717, 1.165) is 6.26 Å². The van der Waals surface area contributed by atoms with E-state index in [0.29, 0.717) is 28.6 Å². The summed E-state index contributed by atoms with van der Waals surface area (Å²) in [7, 11) is -2.06. The van der Waals surface area contributed by atoms with Gasteiger partial charge in [-0.3, -0.25) is 9.71 Å². The Kier molecular flexibility index (Phi) is 12.7.